The summed E-state index contributed by atoms with van der Waals surface area (Å²) < 4.78 is 17.7. The van der Waals surface area contributed by atoms with Gasteiger partial charge in [-0.1, -0.05) is 43.0 Å². The lowest BCUT2D eigenvalue weighted by atomic mass is 9.86. The summed E-state index contributed by atoms with van der Waals surface area (Å²) in [7, 11) is -3.19. The topological polar surface area (TPSA) is 81.0 Å². The van der Waals surface area contributed by atoms with Crippen molar-refractivity contribution in [2.24, 2.45) is 0 Å². The Kier molecular flexibility index (Phi) is 8.56. The van der Waals surface area contributed by atoms with Crippen LogP contribution in [0.15, 0.2) is 48.5 Å². The van der Waals surface area contributed by atoms with Gasteiger partial charge in [-0.25, -0.2) is 0 Å². The Morgan fingerprint density at radius 3 is 2.53 bits per heavy atom. The fourth-order valence-electron chi connectivity index (χ4n) is 5.52. The molecule has 1 saturated carbocycles. The van der Waals surface area contributed by atoms with Gasteiger partial charge in [-0.3, -0.25) is 4.98 Å². The predicted molar refractivity (Wildman–Crippen MR) is 151 cm³/mol. The second-order valence-corrected chi connectivity index (χ2v) is 12.9. The zero-order chi connectivity index (χ0) is 26.7. The molecule has 1 aliphatic heterocycles. The first-order valence-electron chi connectivity index (χ1n) is 13.4. The third-order valence-corrected chi connectivity index (χ3v) is 9.42. The van der Waals surface area contributed by atoms with Gasteiger partial charge in [-0.2, -0.15) is 0 Å². The van der Waals surface area contributed by atoms with Gasteiger partial charge in [0.25, 0.3) is 7.94 Å². The largest absolute Gasteiger partial charge is 0.506 e. The van der Waals surface area contributed by atoms with Crippen LogP contribution in [0.2, 0.25) is 5.02 Å². The number of pyridine rings is 1. The number of aromatic hydroxyl groups is 1. The fraction of sp³-hybridized carbons (Fsp3) is 0.433. The average Bonchev–Trinajstić information content (AvgIpc) is 2.91. The molecule has 2 atom stereocenters. The summed E-state index contributed by atoms with van der Waals surface area (Å²) in [4.78, 5) is 15.9. The van der Waals surface area contributed by atoms with E-state index < -0.39 is 7.94 Å². The Bertz CT molecular complexity index is 1260. The normalized spacial score (nSPS) is 22.4. The van der Waals surface area contributed by atoms with Gasteiger partial charge in [0.15, 0.2) is 6.35 Å². The smallest absolute Gasteiger partial charge is 0.269 e. The number of halogens is 1. The van der Waals surface area contributed by atoms with Crippen LogP contribution in [0, 0.1) is 13.8 Å². The molecular formula is C30H36ClNO5P. The number of aromatic nitrogens is 1. The Labute approximate surface area is 230 Å². The van der Waals surface area contributed by atoms with Crippen LogP contribution in [0.25, 0.3) is 0 Å². The molecular weight excluding hydrogens is 521 g/mol. The van der Waals surface area contributed by atoms with Crippen LogP contribution in [-0.4, -0.2) is 27.9 Å². The molecule has 1 saturated heterocycles. The van der Waals surface area contributed by atoms with Crippen molar-refractivity contribution in [2.45, 2.75) is 70.8 Å². The van der Waals surface area contributed by atoms with Crippen molar-refractivity contribution >= 4 is 19.5 Å². The summed E-state index contributed by atoms with van der Waals surface area (Å²) >= 11 is 6.14. The molecule has 2 heterocycles. The molecule has 2 aliphatic rings. The highest BCUT2D eigenvalue weighted by Gasteiger charge is 2.37. The van der Waals surface area contributed by atoms with Gasteiger partial charge in [0.1, 0.15) is 11.5 Å². The molecule has 3 aromatic rings. The number of aryl methyl sites for hydroxylation is 2. The molecule has 0 bridgehead atoms. The van der Waals surface area contributed by atoms with Crippen molar-refractivity contribution in [3.63, 3.8) is 0 Å². The molecule has 1 aromatic heterocycles. The van der Waals surface area contributed by atoms with Crippen LogP contribution in [0.5, 0.6) is 11.5 Å². The Hall–Kier alpha value is -2.21. The molecule has 1 aliphatic carbocycles. The highest BCUT2D eigenvalue weighted by Crippen LogP contribution is 2.63. The summed E-state index contributed by atoms with van der Waals surface area (Å²) in [6, 6.07) is 15.2. The number of hydrogen-bond donors (Lipinski definition) is 2. The van der Waals surface area contributed by atoms with E-state index in [1.54, 1.807) is 6.07 Å². The summed E-state index contributed by atoms with van der Waals surface area (Å²) in [6.45, 7) is 4.51. The minimum Gasteiger partial charge on any atom is -0.506 e. The van der Waals surface area contributed by atoms with Gasteiger partial charge < -0.3 is 23.8 Å². The first-order valence-corrected chi connectivity index (χ1v) is 15.5. The summed E-state index contributed by atoms with van der Waals surface area (Å²) in [5.74, 6) is 1.32. The van der Waals surface area contributed by atoms with E-state index in [9.17, 15) is 10.00 Å². The van der Waals surface area contributed by atoms with Crippen molar-refractivity contribution < 1.29 is 23.8 Å². The number of benzene rings is 2. The van der Waals surface area contributed by atoms with Crippen LogP contribution in [0.1, 0.15) is 84.2 Å². The molecule has 2 fully saturated rings. The van der Waals surface area contributed by atoms with Gasteiger partial charge in [-0.05, 0) is 85.3 Å². The second-order valence-electron chi connectivity index (χ2n) is 10.4. The Balaban J connectivity index is 1.26. The monoisotopic (exact) mass is 556 g/mol. The molecule has 5 rings (SSSR count). The van der Waals surface area contributed by atoms with E-state index in [0.29, 0.717) is 41.9 Å². The number of hydrogen-bond acceptors (Lipinski definition) is 6. The maximum absolute atomic E-state index is 11.1. The van der Waals surface area contributed by atoms with Gasteiger partial charge in [0.2, 0.25) is 0 Å². The molecule has 2 N–H and O–H groups in total. The Morgan fingerprint density at radius 2 is 1.79 bits per heavy atom. The minimum atomic E-state index is -3.19. The van der Waals surface area contributed by atoms with Crippen molar-refractivity contribution in [3.8, 4) is 11.5 Å². The van der Waals surface area contributed by atoms with E-state index >= 15 is 0 Å². The predicted octanol–water partition coefficient (Wildman–Crippen LogP) is 7.97. The third-order valence-electron chi connectivity index (χ3n) is 7.56. The standard InChI is InChI=1S/C30H36ClNO5P/c1-20-15-26(35-19-38(34)36-14-13-29(37-38)23-9-6-10-24(31)17-23)16-21(2)27(20)18-25-11-12-28(33)30(32-25)22-7-4-3-5-8-22/h6,9-12,15-17,22,29,33-34H,3-5,7-8,13-14,18-19H2,1-2H3. The number of ether oxygens (including phenoxy) is 1. The lowest BCUT2D eigenvalue weighted by molar-refractivity contribution is 0.0518. The molecule has 6 nitrogen and oxygen atoms in total. The fourth-order valence-corrected chi connectivity index (χ4v) is 7.25. The molecule has 0 spiro atoms. The van der Waals surface area contributed by atoms with Gasteiger partial charge in [0, 0.05) is 29.5 Å². The second kappa shape index (κ2) is 11.9. The van der Waals surface area contributed by atoms with E-state index in [4.69, 9.17) is 30.4 Å². The lowest BCUT2D eigenvalue weighted by Crippen LogP contribution is -2.21. The molecule has 0 amide bonds. The molecule has 8 heteroatoms. The number of rotatable bonds is 7. The van der Waals surface area contributed by atoms with Crippen LogP contribution in [0.4, 0.5) is 0 Å². The maximum atomic E-state index is 11.1. The summed E-state index contributed by atoms with van der Waals surface area (Å²) in [5.41, 5.74) is 6.08. The van der Waals surface area contributed by atoms with Gasteiger partial charge in [-0.15, -0.1) is 0 Å². The zero-order valence-corrected chi connectivity index (χ0v) is 23.7. The highest BCUT2D eigenvalue weighted by molar-refractivity contribution is 7.60. The van der Waals surface area contributed by atoms with Gasteiger partial charge in [0.05, 0.1) is 18.4 Å². The highest BCUT2D eigenvalue weighted by atomic mass is 35.5. The molecule has 38 heavy (non-hydrogen) atoms. The lowest BCUT2D eigenvalue weighted by Gasteiger charge is -2.37. The van der Waals surface area contributed by atoms with Crippen LogP contribution in [-0.2, 0) is 15.5 Å². The summed E-state index contributed by atoms with van der Waals surface area (Å²) in [5, 5.41) is 11.1. The van der Waals surface area contributed by atoms with E-state index in [0.717, 1.165) is 40.9 Å². The van der Waals surface area contributed by atoms with Crippen molar-refractivity contribution in [1.29, 1.82) is 0 Å². The summed E-state index contributed by atoms with van der Waals surface area (Å²) in [6.07, 6.45) is 6.84. The van der Waals surface area contributed by atoms with E-state index in [1.807, 2.05) is 42.5 Å². The van der Waals surface area contributed by atoms with E-state index in [2.05, 4.69) is 13.8 Å². The average molecular weight is 557 g/mol. The minimum absolute atomic E-state index is 0.0490. The van der Waals surface area contributed by atoms with E-state index in [1.165, 1.54) is 24.8 Å². The zero-order valence-electron chi connectivity index (χ0n) is 22.0. The molecule has 2 unspecified atom stereocenters. The molecule has 1 radical (unpaired) electrons. The SMILES string of the molecule is Cc1cc(OC[P]2(O)OCCC(c3cccc(Cl)c3)O2)cc(C)c1Cc1ccc(O)c(C2CCCCC2)n1. The van der Waals surface area contributed by atoms with Crippen LogP contribution >= 0.6 is 19.5 Å². The van der Waals surface area contributed by atoms with Crippen molar-refractivity contribution in [1.82, 2.24) is 4.98 Å². The third kappa shape index (κ3) is 6.50. The van der Waals surface area contributed by atoms with Crippen molar-refractivity contribution in [3.05, 3.63) is 87.2 Å². The molecule has 2 aromatic carbocycles. The Morgan fingerprint density at radius 1 is 1.03 bits per heavy atom. The first kappa shape index (κ1) is 27.4. The van der Waals surface area contributed by atoms with E-state index in [-0.39, 0.29) is 12.5 Å². The molecule has 203 valence electrons. The number of nitrogens with zero attached hydrogens (tertiary/aromatic N) is 1. The van der Waals surface area contributed by atoms with Gasteiger partial charge >= 0.3 is 0 Å². The quantitative estimate of drug-likeness (QED) is 0.287. The van der Waals surface area contributed by atoms with Crippen LogP contribution in [0.3, 0.4) is 0 Å². The maximum Gasteiger partial charge on any atom is 0.269 e. The van der Waals surface area contributed by atoms with Crippen LogP contribution < -0.4 is 4.74 Å². The van der Waals surface area contributed by atoms with Crippen molar-refractivity contribution in [2.75, 3.05) is 13.0 Å². The first-order chi connectivity index (χ1) is 18.3.